The second kappa shape index (κ2) is 8.63. The van der Waals surface area contributed by atoms with E-state index in [1.807, 2.05) is 13.2 Å². The van der Waals surface area contributed by atoms with Gasteiger partial charge < -0.3 is 15.4 Å². The molecule has 3 aliphatic rings. The van der Waals surface area contributed by atoms with E-state index in [1.165, 1.54) is 32.1 Å². The normalized spacial score (nSPS) is 27.8. The molecule has 2 unspecified atom stereocenters. The summed E-state index contributed by atoms with van der Waals surface area (Å²) in [5.74, 6) is 1.57. The number of rotatable bonds is 3. The molecule has 0 amide bonds. The van der Waals surface area contributed by atoms with Crippen LogP contribution in [-0.4, -0.2) is 42.4 Å². The van der Waals surface area contributed by atoms with Gasteiger partial charge in [-0.1, -0.05) is 19.3 Å². The van der Waals surface area contributed by atoms with Crippen LogP contribution in [0.25, 0.3) is 0 Å². The van der Waals surface area contributed by atoms with Crippen molar-refractivity contribution >= 4 is 11.8 Å². The fourth-order valence-corrected chi connectivity index (χ4v) is 4.34. The SMILES string of the molecule is CNC1OCCCN2NC(C)c3cnc(nc32)N/C1=C(\C)NC1CCCCC1. The number of fused-ring (bicyclic) bond motifs is 1. The minimum absolute atomic E-state index is 0.225. The topological polar surface area (TPSA) is 86.4 Å². The molecular formula is C20H33N7O. The second-order valence-electron chi connectivity index (χ2n) is 8.01. The number of nitrogens with one attached hydrogen (secondary N) is 4. The van der Waals surface area contributed by atoms with Crippen molar-refractivity contribution in [2.45, 2.75) is 70.7 Å². The highest BCUT2D eigenvalue weighted by molar-refractivity contribution is 5.55. The van der Waals surface area contributed by atoms with E-state index in [0.29, 0.717) is 18.6 Å². The Morgan fingerprint density at radius 1 is 1.25 bits per heavy atom. The van der Waals surface area contributed by atoms with E-state index >= 15 is 0 Å². The van der Waals surface area contributed by atoms with Crippen LogP contribution in [0.2, 0.25) is 0 Å². The molecular weight excluding hydrogens is 354 g/mol. The van der Waals surface area contributed by atoms with Crippen molar-refractivity contribution in [1.82, 2.24) is 26.0 Å². The van der Waals surface area contributed by atoms with Crippen LogP contribution in [0.5, 0.6) is 0 Å². The summed E-state index contributed by atoms with van der Waals surface area (Å²) >= 11 is 0. The first-order chi connectivity index (χ1) is 13.7. The number of allylic oxidation sites excluding steroid dienone is 1. The molecule has 0 aromatic carbocycles. The van der Waals surface area contributed by atoms with Gasteiger partial charge in [0.15, 0.2) is 12.0 Å². The third kappa shape index (κ3) is 4.09. The fraction of sp³-hybridized carbons (Fsp3) is 0.700. The zero-order chi connectivity index (χ0) is 19.5. The van der Waals surface area contributed by atoms with E-state index in [2.05, 4.69) is 45.2 Å². The van der Waals surface area contributed by atoms with Gasteiger partial charge in [-0.05, 0) is 40.2 Å². The molecule has 4 N–H and O–H groups in total. The molecule has 8 heteroatoms. The Hall–Kier alpha value is -1.90. The highest BCUT2D eigenvalue weighted by Crippen LogP contribution is 2.31. The number of hydrazine groups is 1. The number of ether oxygens (including phenoxy) is 1. The summed E-state index contributed by atoms with van der Waals surface area (Å²) in [7, 11) is 1.92. The summed E-state index contributed by atoms with van der Waals surface area (Å²) in [6, 6.07) is 0.753. The smallest absolute Gasteiger partial charge is 0.229 e. The monoisotopic (exact) mass is 387 g/mol. The molecule has 1 aromatic rings. The third-order valence-electron chi connectivity index (χ3n) is 5.88. The van der Waals surface area contributed by atoms with Crippen molar-refractivity contribution in [2.24, 2.45) is 0 Å². The quantitative estimate of drug-likeness (QED) is 0.629. The summed E-state index contributed by atoms with van der Waals surface area (Å²) in [5.41, 5.74) is 6.66. The molecule has 3 heterocycles. The number of hydrogen-bond acceptors (Lipinski definition) is 8. The Morgan fingerprint density at radius 2 is 2.07 bits per heavy atom. The Bertz CT molecular complexity index is 717. The van der Waals surface area contributed by atoms with E-state index in [1.54, 1.807) is 0 Å². The molecule has 2 bridgehead atoms. The molecule has 0 radical (unpaired) electrons. The summed E-state index contributed by atoms with van der Waals surface area (Å²) in [6.07, 6.45) is 9.01. The van der Waals surface area contributed by atoms with Gasteiger partial charge in [0.2, 0.25) is 5.95 Å². The van der Waals surface area contributed by atoms with Crippen LogP contribution in [0, 0.1) is 0 Å². The van der Waals surface area contributed by atoms with Gasteiger partial charge in [0.25, 0.3) is 0 Å². The predicted molar refractivity (Wildman–Crippen MR) is 111 cm³/mol. The molecule has 1 saturated carbocycles. The Balaban J connectivity index is 1.64. The van der Waals surface area contributed by atoms with Crippen molar-refractivity contribution in [3.05, 3.63) is 23.2 Å². The van der Waals surface area contributed by atoms with Crippen molar-refractivity contribution in [1.29, 1.82) is 0 Å². The molecule has 2 atom stereocenters. The van der Waals surface area contributed by atoms with Crippen LogP contribution in [-0.2, 0) is 4.74 Å². The average molecular weight is 388 g/mol. The van der Waals surface area contributed by atoms with Crippen LogP contribution in [0.1, 0.15) is 64.0 Å². The fourth-order valence-electron chi connectivity index (χ4n) is 4.34. The standard InChI is InChI=1S/C20H33N7O/c1-13-16-12-22-20-24-17(14(2)23-15-8-5-4-6-9-15)19(21-3)28-11-7-10-27(26-13)18(16)25-20/h12-13,15,19,21,23,26H,4-11H2,1-3H3,(H,22,24,25)/b17-14+. The van der Waals surface area contributed by atoms with Gasteiger partial charge in [-0.15, -0.1) is 0 Å². The van der Waals surface area contributed by atoms with Crippen LogP contribution >= 0.6 is 0 Å². The van der Waals surface area contributed by atoms with E-state index in [9.17, 15) is 0 Å². The summed E-state index contributed by atoms with van der Waals surface area (Å²) in [6.45, 7) is 5.77. The van der Waals surface area contributed by atoms with Crippen LogP contribution in [0.15, 0.2) is 17.6 Å². The van der Waals surface area contributed by atoms with Gasteiger partial charge in [0.05, 0.1) is 18.3 Å². The summed E-state index contributed by atoms with van der Waals surface area (Å²) in [5, 5.41) is 12.6. The predicted octanol–water partition coefficient (Wildman–Crippen LogP) is 2.39. The second-order valence-corrected chi connectivity index (χ2v) is 8.01. The van der Waals surface area contributed by atoms with Gasteiger partial charge in [-0.25, -0.2) is 10.4 Å². The maximum Gasteiger partial charge on any atom is 0.229 e. The van der Waals surface area contributed by atoms with Crippen molar-refractivity contribution < 1.29 is 4.74 Å². The lowest BCUT2D eigenvalue weighted by Gasteiger charge is -2.28. The first-order valence-corrected chi connectivity index (χ1v) is 10.6. The molecule has 1 aliphatic carbocycles. The number of aromatic nitrogens is 2. The molecule has 2 aliphatic heterocycles. The minimum Gasteiger partial charge on any atom is -0.384 e. The molecule has 0 saturated heterocycles. The van der Waals surface area contributed by atoms with Gasteiger partial charge in [0, 0.05) is 30.0 Å². The molecule has 154 valence electrons. The first kappa shape index (κ1) is 19.4. The van der Waals surface area contributed by atoms with Crippen molar-refractivity contribution in [3.8, 4) is 0 Å². The van der Waals surface area contributed by atoms with Crippen molar-refractivity contribution in [3.63, 3.8) is 0 Å². The largest absolute Gasteiger partial charge is 0.384 e. The van der Waals surface area contributed by atoms with E-state index in [4.69, 9.17) is 9.72 Å². The Kier molecular flexibility index (Phi) is 5.99. The van der Waals surface area contributed by atoms with Crippen LogP contribution < -0.4 is 26.4 Å². The molecule has 1 fully saturated rings. The van der Waals surface area contributed by atoms with Crippen molar-refractivity contribution in [2.75, 3.05) is 30.5 Å². The number of likely N-dealkylation sites (N-methyl/N-ethyl adjacent to an activating group) is 1. The lowest BCUT2D eigenvalue weighted by Crippen LogP contribution is -2.39. The molecule has 1 aromatic heterocycles. The maximum absolute atomic E-state index is 6.18. The number of hydrogen-bond donors (Lipinski definition) is 4. The van der Waals surface area contributed by atoms with E-state index < -0.39 is 0 Å². The molecule has 4 rings (SSSR count). The summed E-state index contributed by atoms with van der Waals surface area (Å²) < 4.78 is 6.18. The van der Waals surface area contributed by atoms with Gasteiger partial charge in [0.1, 0.15) is 0 Å². The van der Waals surface area contributed by atoms with Gasteiger partial charge in [-0.3, -0.25) is 10.3 Å². The van der Waals surface area contributed by atoms with Crippen LogP contribution in [0.3, 0.4) is 0 Å². The highest BCUT2D eigenvalue weighted by atomic mass is 16.5. The number of anilines is 2. The van der Waals surface area contributed by atoms with E-state index in [-0.39, 0.29) is 12.3 Å². The molecule has 8 nitrogen and oxygen atoms in total. The average Bonchev–Trinajstić information content (AvgIpc) is 3.01. The summed E-state index contributed by atoms with van der Waals surface area (Å²) in [4.78, 5) is 9.39. The van der Waals surface area contributed by atoms with Gasteiger partial charge in [-0.2, -0.15) is 4.98 Å². The Morgan fingerprint density at radius 3 is 2.86 bits per heavy atom. The van der Waals surface area contributed by atoms with Gasteiger partial charge >= 0.3 is 0 Å². The molecule has 0 spiro atoms. The van der Waals surface area contributed by atoms with E-state index in [0.717, 1.165) is 35.7 Å². The number of nitrogens with zero attached hydrogens (tertiary/aromatic N) is 3. The minimum atomic E-state index is -0.232. The zero-order valence-corrected chi connectivity index (χ0v) is 17.2. The van der Waals surface area contributed by atoms with Crippen LogP contribution in [0.4, 0.5) is 11.8 Å². The highest BCUT2D eigenvalue weighted by Gasteiger charge is 2.29. The zero-order valence-electron chi connectivity index (χ0n) is 17.2. The first-order valence-electron chi connectivity index (χ1n) is 10.6. The third-order valence-corrected chi connectivity index (χ3v) is 5.88. The lowest BCUT2D eigenvalue weighted by molar-refractivity contribution is 0.0586. The lowest BCUT2D eigenvalue weighted by atomic mass is 9.95. The Labute approximate surface area is 167 Å². The maximum atomic E-state index is 6.18. The molecule has 28 heavy (non-hydrogen) atoms.